The number of carbonyl (C=O) groups is 1. The Kier molecular flexibility index (Phi) is 5.51. The molecule has 2 aromatic carbocycles. The van der Waals surface area contributed by atoms with Crippen LogP contribution in [-0.2, 0) is 0 Å². The summed E-state index contributed by atoms with van der Waals surface area (Å²) in [6.07, 6.45) is 0. The van der Waals surface area contributed by atoms with Gasteiger partial charge in [-0.3, -0.25) is 4.79 Å². The molecule has 0 saturated carbocycles. The van der Waals surface area contributed by atoms with Crippen LogP contribution < -0.4 is 14.8 Å². The lowest BCUT2D eigenvalue weighted by Crippen LogP contribution is -2.13. The minimum Gasteiger partial charge on any atom is -0.490 e. The van der Waals surface area contributed by atoms with Gasteiger partial charge in [0.2, 0.25) is 0 Å². The minimum atomic E-state index is -2.94. The van der Waals surface area contributed by atoms with Gasteiger partial charge < -0.3 is 14.8 Å². The van der Waals surface area contributed by atoms with Crippen molar-refractivity contribution in [1.82, 2.24) is 0 Å². The monoisotopic (exact) mass is 321 g/mol. The maximum absolute atomic E-state index is 12.4. The van der Waals surface area contributed by atoms with E-state index in [0.29, 0.717) is 11.3 Å². The van der Waals surface area contributed by atoms with Gasteiger partial charge in [-0.05, 0) is 37.6 Å². The number of alkyl halides is 2. The molecule has 2 aromatic rings. The minimum absolute atomic E-state index is 0.0734. The van der Waals surface area contributed by atoms with Gasteiger partial charge >= 0.3 is 6.61 Å². The summed E-state index contributed by atoms with van der Waals surface area (Å²) in [6, 6.07) is 11.4. The Morgan fingerprint density at radius 1 is 1.17 bits per heavy atom. The molecule has 2 rings (SSSR count). The Morgan fingerprint density at radius 2 is 1.91 bits per heavy atom. The van der Waals surface area contributed by atoms with Gasteiger partial charge in [0.15, 0.2) is 11.5 Å². The standard InChI is InChI=1S/C17H17F2NO3/c1-3-22-15-10-12(8-9-14(15)23-17(18)19)20-16(21)13-7-5-4-6-11(13)2/h4-10,17H,3H2,1-2H3,(H,20,21). The molecule has 0 aliphatic rings. The van der Waals surface area contributed by atoms with E-state index in [1.165, 1.54) is 18.2 Å². The van der Waals surface area contributed by atoms with Crippen LogP contribution in [0.25, 0.3) is 0 Å². The van der Waals surface area contributed by atoms with Gasteiger partial charge in [-0.2, -0.15) is 8.78 Å². The number of aryl methyl sites for hydroxylation is 1. The Bertz CT molecular complexity index is 689. The lowest BCUT2D eigenvalue weighted by atomic mass is 10.1. The van der Waals surface area contributed by atoms with Crippen molar-refractivity contribution in [2.45, 2.75) is 20.5 Å². The Hall–Kier alpha value is -2.63. The van der Waals surface area contributed by atoms with Crippen LogP contribution in [0.5, 0.6) is 11.5 Å². The summed E-state index contributed by atoms with van der Waals surface area (Å²) in [6.45, 7) is 0.904. The number of ether oxygens (including phenoxy) is 2. The second-order valence-electron chi connectivity index (χ2n) is 4.74. The van der Waals surface area contributed by atoms with Crippen LogP contribution in [0.3, 0.4) is 0 Å². The second-order valence-corrected chi connectivity index (χ2v) is 4.74. The van der Waals surface area contributed by atoms with Gasteiger partial charge in [0.1, 0.15) is 0 Å². The van der Waals surface area contributed by atoms with Gasteiger partial charge in [-0.15, -0.1) is 0 Å². The fraction of sp³-hybridized carbons (Fsp3) is 0.235. The number of hydrogen-bond acceptors (Lipinski definition) is 3. The maximum Gasteiger partial charge on any atom is 0.387 e. The number of rotatable bonds is 6. The predicted octanol–water partition coefficient (Wildman–Crippen LogP) is 4.25. The average molecular weight is 321 g/mol. The summed E-state index contributed by atoms with van der Waals surface area (Å²) in [5.74, 6) is -0.209. The van der Waals surface area contributed by atoms with Gasteiger partial charge in [0, 0.05) is 17.3 Å². The van der Waals surface area contributed by atoms with E-state index < -0.39 is 6.61 Å². The molecule has 0 unspecified atom stereocenters. The molecule has 0 spiro atoms. The Labute approximate surface area is 133 Å². The molecular formula is C17H17F2NO3. The fourth-order valence-corrected chi connectivity index (χ4v) is 2.07. The van der Waals surface area contributed by atoms with Crippen LogP contribution in [0.4, 0.5) is 14.5 Å². The fourth-order valence-electron chi connectivity index (χ4n) is 2.07. The van der Waals surface area contributed by atoms with Crippen molar-refractivity contribution in [2.24, 2.45) is 0 Å². The van der Waals surface area contributed by atoms with Crippen molar-refractivity contribution < 1.29 is 23.0 Å². The van der Waals surface area contributed by atoms with E-state index in [0.717, 1.165) is 5.56 Å². The topological polar surface area (TPSA) is 47.6 Å². The largest absolute Gasteiger partial charge is 0.490 e. The van der Waals surface area contributed by atoms with Crippen LogP contribution in [0.2, 0.25) is 0 Å². The maximum atomic E-state index is 12.4. The van der Waals surface area contributed by atoms with E-state index in [1.54, 1.807) is 19.1 Å². The summed E-state index contributed by atoms with van der Waals surface area (Å²) in [4.78, 5) is 12.3. The first-order chi connectivity index (χ1) is 11.0. The predicted molar refractivity (Wildman–Crippen MR) is 83.4 cm³/mol. The van der Waals surface area contributed by atoms with E-state index in [-0.39, 0.29) is 24.0 Å². The number of amides is 1. The lowest BCUT2D eigenvalue weighted by Gasteiger charge is -2.13. The van der Waals surface area contributed by atoms with Crippen LogP contribution >= 0.6 is 0 Å². The molecule has 0 aromatic heterocycles. The molecule has 0 fully saturated rings. The van der Waals surface area contributed by atoms with Crippen molar-refractivity contribution in [3.8, 4) is 11.5 Å². The third-order valence-electron chi connectivity index (χ3n) is 3.11. The number of halogens is 2. The summed E-state index contributed by atoms with van der Waals surface area (Å²) < 4.78 is 34.4. The zero-order valence-electron chi connectivity index (χ0n) is 12.8. The highest BCUT2D eigenvalue weighted by atomic mass is 19.3. The van der Waals surface area contributed by atoms with Crippen molar-refractivity contribution in [3.05, 3.63) is 53.6 Å². The van der Waals surface area contributed by atoms with E-state index >= 15 is 0 Å². The summed E-state index contributed by atoms with van der Waals surface area (Å²) in [5, 5.41) is 2.72. The van der Waals surface area contributed by atoms with Crippen molar-refractivity contribution in [3.63, 3.8) is 0 Å². The molecule has 0 bridgehead atoms. The molecular weight excluding hydrogens is 304 g/mol. The molecule has 4 nitrogen and oxygen atoms in total. The molecule has 122 valence electrons. The molecule has 6 heteroatoms. The summed E-state index contributed by atoms with van der Waals surface area (Å²) in [7, 11) is 0. The molecule has 0 atom stereocenters. The smallest absolute Gasteiger partial charge is 0.387 e. The first kappa shape index (κ1) is 16.7. The van der Waals surface area contributed by atoms with E-state index in [9.17, 15) is 13.6 Å². The van der Waals surface area contributed by atoms with Gasteiger partial charge in [0.25, 0.3) is 5.91 Å². The highest BCUT2D eigenvalue weighted by Crippen LogP contribution is 2.32. The quantitative estimate of drug-likeness (QED) is 0.865. The average Bonchev–Trinajstić information content (AvgIpc) is 2.50. The molecule has 23 heavy (non-hydrogen) atoms. The number of anilines is 1. The summed E-state index contributed by atoms with van der Waals surface area (Å²) >= 11 is 0. The number of benzene rings is 2. The zero-order valence-corrected chi connectivity index (χ0v) is 12.8. The number of nitrogens with one attached hydrogen (secondary N) is 1. The molecule has 1 amide bonds. The highest BCUT2D eigenvalue weighted by Gasteiger charge is 2.14. The van der Waals surface area contributed by atoms with Crippen LogP contribution in [0, 0.1) is 6.92 Å². The molecule has 1 N–H and O–H groups in total. The molecule has 0 aliphatic heterocycles. The zero-order chi connectivity index (χ0) is 16.8. The van der Waals surface area contributed by atoms with Gasteiger partial charge in [-0.1, -0.05) is 18.2 Å². The van der Waals surface area contributed by atoms with Crippen molar-refractivity contribution in [2.75, 3.05) is 11.9 Å². The SMILES string of the molecule is CCOc1cc(NC(=O)c2ccccc2C)ccc1OC(F)F. The Morgan fingerprint density at radius 3 is 2.57 bits per heavy atom. The molecule has 0 saturated heterocycles. The van der Waals surface area contributed by atoms with Crippen LogP contribution in [-0.4, -0.2) is 19.1 Å². The van der Waals surface area contributed by atoms with Crippen molar-refractivity contribution in [1.29, 1.82) is 0 Å². The van der Waals surface area contributed by atoms with E-state index in [4.69, 9.17) is 4.74 Å². The normalized spacial score (nSPS) is 10.5. The van der Waals surface area contributed by atoms with E-state index in [2.05, 4.69) is 10.1 Å². The molecule has 0 aliphatic carbocycles. The third kappa shape index (κ3) is 4.42. The first-order valence-electron chi connectivity index (χ1n) is 7.10. The highest BCUT2D eigenvalue weighted by molar-refractivity contribution is 6.05. The summed E-state index contributed by atoms with van der Waals surface area (Å²) in [5.41, 5.74) is 1.81. The molecule has 0 heterocycles. The second kappa shape index (κ2) is 7.58. The van der Waals surface area contributed by atoms with E-state index in [1.807, 2.05) is 19.1 Å². The van der Waals surface area contributed by atoms with Gasteiger partial charge in [-0.25, -0.2) is 0 Å². The number of hydrogen-bond donors (Lipinski definition) is 1. The van der Waals surface area contributed by atoms with Crippen LogP contribution in [0.1, 0.15) is 22.8 Å². The van der Waals surface area contributed by atoms with Crippen LogP contribution in [0.15, 0.2) is 42.5 Å². The van der Waals surface area contributed by atoms with Crippen molar-refractivity contribution >= 4 is 11.6 Å². The first-order valence-corrected chi connectivity index (χ1v) is 7.10. The third-order valence-corrected chi connectivity index (χ3v) is 3.11. The molecule has 0 radical (unpaired) electrons. The number of carbonyl (C=O) groups excluding carboxylic acids is 1. The van der Waals surface area contributed by atoms with Gasteiger partial charge in [0.05, 0.1) is 6.61 Å². The Balaban J connectivity index is 2.21. The lowest BCUT2D eigenvalue weighted by molar-refractivity contribution is -0.0514.